The van der Waals surface area contributed by atoms with E-state index in [-0.39, 0.29) is 22.4 Å². The van der Waals surface area contributed by atoms with Crippen molar-refractivity contribution in [2.24, 2.45) is 5.92 Å². The van der Waals surface area contributed by atoms with Crippen molar-refractivity contribution in [1.82, 2.24) is 4.72 Å². The summed E-state index contributed by atoms with van der Waals surface area (Å²) in [6.45, 7) is 2.10. The van der Waals surface area contributed by atoms with Gasteiger partial charge in [-0.2, -0.15) is 0 Å². The van der Waals surface area contributed by atoms with E-state index in [9.17, 15) is 12.8 Å². The van der Waals surface area contributed by atoms with E-state index in [1.165, 1.54) is 13.2 Å². The molecule has 1 aliphatic rings. The molecular weight excluding hydrogens is 295 g/mol. The Balaban J connectivity index is 2.23. The lowest BCUT2D eigenvalue weighted by Crippen LogP contribution is -2.38. The Morgan fingerprint density at radius 1 is 1.38 bits per heavy atom. The number of nitrogens with two attached hydrogens (primary N) is 1. The molecule has 2 unspecified atom stereocenters. The maximum atomic E-state index is 13.8. The molecule has 7 heteroatoms. The number of nitrogen functional groups attached to an aromatic ring is 1. The molecule has 3 N–H and O–H groups in total. The number of hydrogen-bond donors (Lipinski definition) is 2. The summed E-state index contributed by atoms with van der Waals surface area (Å²) < 4.78 is 45.9. The SMILES string of the molecule is COc1c(N)cc(S(=O)(=O)NC2CCCC(C)C2)cc1F. The summed E-state index contributed by atoms with van der Waals surface area (Å²) in [4.78, 5) is -0.170. The van der Waals surface area contributed by atoms with Crippen LogP contribution in [0.15, 0.2) is 17.0 Å². The molecule has 2 atom stereocenters. The zero-order chi connectivity index (χ0) is 15.6. The second-order valence-corrected chi connectivity index (χ2v) is 7.33. The van der Waals surface area contributed by atoms with E-state index in [0.717, 1.165) is 31.7 Å². The van der Waals surface area contributed by atoms with Gasteiger partial charge < -0.3 is 10.5 Å². The van der Waals surface area contributed by atoms with E-state index in [1.807, 2.05) is 0 Å². The van der Waals surface area contributed by atoms with Gasteiger partial charge in [0.2, 0.25) is 10.0 Å². The zero-order valence-electron chi connectivity index (χ0n) is 12.2. The minimum Gasteiger partial charge on any atom is -0.492 e. The Bertz CT molecular complexity index is 596. The highest BCUT2D eigenvalue weighted by Gasteiger charge is 2.26. The fourth-order valence-corrected chi connectivity index (χ4v) is 4.12. The number of rotatable bonds is 4. The molecule has 2 rings (SSSR count). The van der Waals surface area contributed by atoms with Crippen LogP contribution in [0.4, 0.5) is 10.1 Å². The van der Waals surface area contributed by atoms with Gasteiger partial charge in [-0.05, 0) is 30.9 Å². The molecule has 0 bridgehead atoms. The van der Waals surface area contributed by atoms with Gasteiger partial charge in [-0.3, -0.25) is 0 Å². The Morgan fingerprint density at radius 2 is 2.10 bits per heavy atom. The summed E-state index contributed by atoms with van der Waals surface area (Å²) in [6.07, 6.45) is 3.71. The molecule has 1 saturated carbocycles. The number of sulfonamides is 1. The van der Waals surface area contributed by atoms with Crippen LogP contribution in [0.5, 0.6) is 5.75 Å². The lowest BCUT2D eigenvalue weighted by atomic mass is 9.88. The number of methoxy groups -OCH3 is 1. The first-order valence-electron chi connectivity index (χ1n) is 6.99. The third-order valence-corrected chi connectivity index (χ3v) is 5.32. The number of benzene rings is 1. The summed E-state index contributed by atoms with van der Waals surface area (Å²) in [5.74, 6) is -0.431. The first-order chi connectivity index (χ1) is 9.83. The van der Waals surface area contributed by atoms with Crippen LogP contribution in [0.1, 0.15) is 32.6 Å². The molecule has 0 amide bonds. The standard InChI is InChI=1S/C14H21FN2O3S/c1-9-4-3-5-10(6-9)17-21(18,19)11-7-12(15)14(20-2)13(16)8-11/h7-10,17H,3-6,16H2,1-2H3. The van der Waals surface area contributed by atoms with E-state index in [4.69, 9.17) is 10.5 Å². The zero-order valence-corrected chi connectivity index (χ0v) is 13.0. The first kappa shape index (κ1) is 16.0. The molecule has 1 aliphatic carbocycles. The largest absolute Gasteiger partial charge is 0.492 e. The molecule has 0 saturated heterocycles. The van der Waals surface area contributed by atoms with E-state index in [0.29, 0.717) is 5.92 Å². The Labute approximate surface area is 124 Å². The molecule has 0 radical (unpaired) electrons. The van der Waals surface area contributed by atoms with Crippen LogP contribution in [0.2, 0.25) is 0 Å². The second-order valence-electron chi connectivity index (χ2n) is 5.62. The minimum atomic E-state index is -3.78. The molecule has 1 aromatic carbocycles. The van der Waals surface area contributed by atoms with Crippen LogP contribution in [0.25, 0.3) is 0 Å². The van der Waals surface area contributed by atoms with Gasteiger partial charge in [0, 0.05) is 6.04 Å². The van der Waals surface area contributed by atoms with Gasteiger partial charge in [0.1, 0.15) is 0 Å². The normalized spacial score (nSPS) is 23.0. The van der Waals surface area contributed by atoms with Crippen molar-refractivity contribution in [2.45, 2.75) is 43.5 Å². The van der Waals surface area contributed by atoms with E-state index in [1.54, 1.807) is 0 Å². The molecule has 1 aromatic rings. The fraction of sp³-hybridized carbons (Fsp3) is 0.571. The van der Waals surface area contributed by atoms with Crippen LogP contribution < -0.4 is 15.2 Å². The Hall–Kier alpha value is -1.34. The van der Waals surface area contributed by atoms with Crippen LogP contribution in [-0.2, 0) is 10.0 Å². The molecule has 0 aromatic heterocycles. The molecule has 0 heterocycles. The lowest BCUT2D eigenvalue weighted by molar-refractivity contribution is 0.327. The monoisotopic (exact) mass is 316 g/mol. The Morgan fingerprint density at radius 3 is 2.67 bits per heavy atom. The molecule has 21 heavy (non-hydrogen) atoms. The number of nitrogens with one attached hydrogen (secondary N) is 1. The van der Waals surface area contributed by atoms with Gasteiger partial charge in [-0.25, -0.2) is 17.5 Å². The van der Waals surface area contributed by atoms with Crippen molar-refractivity contribution < 1.29 is 17.5 Å². The summed E-state index contributed by atoms with van der Waals surface area (Å²) in [7, 11) is -2.50. The average molecular weight is 316 g/mol. The van der Waals surface area contributed by atoms with Crippen LogP contribution in [-0.4, -0.2) is 21.6 Å². The van der Waals surface area contributed by atoms with Crippen molar-refractivity contribution in [1.29, 1.82) is 0 Å². The minimum absolute atomic E-state index is 0.0325. The van der Waals surface area contributed by atoms with Crippen LogP contribution in [0, 0.1) is 11.7 Å². The quantitative estimate of drug-likeness (QED) is 0.835. The maximum absolute atomic E-state index is 13.8. The lowest BCUT2D eigenvalue weighted by Gasteiger charge is -2.27. The van der Waals surface area contributed by atoms with Gasteiger partial charge in [0.15, 0.2) is 11.6 Å². The van der Waals surface area contributed by atoms with Crippen molar-refractivity contribution in [2.75, 3.05) is 12.8 Å². The van der Waals surface area contributed by atoms with Gasteiger partial charge in [-0.1, -0.05) is 19.8 Å². The smallest absolute Gasteiger partial charge is 0.241 e. The van der Waals surface area contributed by atoms with Crippen molar-refractivity contribution in [3.63, 3.8) is 0 Å². The van der Waals surface area contributed by atoms with Crippen molar-refractivity contribution >= 4 is 15.7 Å². The summed E-state index contributed by atoms with van der Waals surface area (Å²) in [6, 6.07) is 2.05. The number of anilines is 1. The van der Waals surface area contributed by atoms with Crippen molar-refractivity contribution in [3.05, 3.63) is 17.9 Å². The third kappa shape index (κ3) is 3.65. The van der Waals surface area contributed by atoms with E-state index in [2.05, 4.69) is 11.6 Å². The average Bonchev–Trinajstić information content (AvgIpc) is 2.37. The number of hydrogen-bond acceptors (Lipinski definition) is 4. The molecule has 1 fully saturated rings. The number of ether oxygens (including phenoxy) is 1. The Kier molecular flexibility index (Phi) is 4.73. The third-order valence-electron chi connectivity index (χ3n) is 3.82. The highest BCUT2D eigenvalue weighted by molar-refractivity contribution is 7.89. The predicted octanol–water partition coefficient (Wildman–Crippen LogP) is 2.27. The summed E-state index contributed by atoms with van der Waals surface area (Å²) >= 11 is 0. The molecule has 5 nitrogen and oxygen atoms in total. The topological polar surface area (TPSA) is 81.4 Å². The molecule has 0 aliphatic heterocycles. The highest BCUT2D eigenvalue weighted by Crippen LogP contribution is 2.29. The van der Waals surface area contributed by atoms with E-state index < -0.39 is 15.8 Å². The van der Waals surface area contributed by atoms with Gasteiger partial charge in [-0.15, -0.1) is 0 Å². The van der Waals surface area contributed by atoms with Crippen molar-refractivity contribution in [3.8, 4) is 5.75 Å². The van der Waals surface area contributed by atoms with Gasteiger partial charge in [0.25, 0.3) is 0 Å². The molecular formula is C14H21FN2O3S. The van der Waals surface area contributed by atoms with Crippen LogP contribution >= 0.6 is 0 Å². The molecule has 118 valence electrons. The second kappa shape index (κ2) is 6.19. The first-order valence-corrected chi connectivity index (χ1v) is 8.47. The van der Waals surface area contributed by atoms with Gasteiger partial charge >= 0.3 is 0 Å². The number of halogens is 1. The fourth-order valence-electron chi connectivity index (χ4n) is 2.79. The highest BCUT2D eigenvalue weighted by atomic mass is 32.2. The maximum Gasteiger partial charge on any atom is 0.241 e. The van der Waals surface area contributed by atoms with Gasteiger partial charge in [0.05, 0.1) is 17.7 Å². The molecule has 0 spiro atoms. The van der Waals surface area contributed by atoms with Crippen LogP contribution in [0.3, 0.4) is 0 Å². The summed E-state index contributed by atoms with van der Waals surface area (Å²) in [5, 5.41) is 0. The summed E-state index contributed by atoms with van der Waals surface area (Å²) in [5.41, 5.74) is 5.59. The predicted molar refractivity (Wildman–Crippen MR) is 79.1 cm³/mol. The van der Waals surface area contributed by atoms with E-state index >= 15 is 0 Å².